The fourth-order valence-electron chi connectivity index (χ4n) is 4.01. The van der Waals surface area contributed by atoms with E-state index in [2.05, 4.69) is 14.8 Å². The van der Waals surface area contributed by atoms with Crippen LogP contribution in [-0.2, 0) is 15.6 Å². The van der Waals surface area contributed by atoms with Gasteiger partial charge in [0.05, 0.1) is 24.6 Å². The van der Waals surface area contributed by atoms with Crippen LogP contribution in [0.1, 0.15) is 50.2 Å². The summed E-state index contributed by atoms with van der Waals surface area (Å²) in [6, 6.07) is 2.18. The summed E-state index contributed by atoms with van der Waals surface area (Å²) < 4.78 is 50.7. The van der Waals surface area contributed by atoms with Crippen LogP contribution in [0.3, 0.4) is 0 Å². The lowest BCUT2D eigenvalue weighted by Crippen LogP contribution is -2.38. The van der Waals surface area contributed by atoms with Gasteiger partial charge in [-0.1, -0.05) is 11.3 Å². The molecule has 0 amide bonds. The second kappa shape index (κ2) is 8.58. The van der Waals surface area contributed by atoms with Gasteiger partial charge < -0.3 is 14.9 Å². The van der Waals surface area contributed by atoms with Crippen LogP contribution in [0.5, 0.6) is 5.75 Å². The lowest BCUT2D eigenvalue weighted by molar-refractivity contribution is 0.0773. The number of hydrogen-bond acceptors (Lipinski definition) is 8. The Balaban J connectivity index is 1.81. The molecule has 0 spiro atoms. The van der Waals surface area contributed by atoms with E-state index in [1.54, 1.807) is 20.8 Å². The molecule has 33 heavy (non-hydrogen) atoms. The van der Waals surface area contributed by atoms with Crippen molar-refractivity contribution in [2.45, 2.75) is 69.1 Å². The molecule has 3 aromatic rings. The molecule has 2 aromatic heterocycles. The Labute approximate surface area is 195 Å². The number of imidazole rings is 1. The lowest BCUT2D eigenvalue weighted by Gasteiger charge is -2.26. The minimum Gasteiger partial charge on any atom is -0.492 e. The number of aliphatic hydroxyl groups is 2. The number of fused-ring (bicyclic) bond motifs is 1. The van der Waals surface area contributed by atoms with Crippen molar-refractivity contribution in [1.29, 1.82) is 0 Å². The third-order valence-electron chi connectivity index (χ3n) is 5.70. The molecule has 0 atom stereocenters. The standard InChI is InChI=1S/C21H27FN4O5S2/c1-11-17(26-20(23-11)32-19(24-26)21(2,3)28)12-9-15(22)18(31-4)16(10-12)33(29,30)25-13-5-7-14(27)8-6-13/h9-10,13-14,25,27-28H,5-8H2,1-4H3/t13-,14-. The SMILES string of the molecule is COc1c(F)cc(-c2c(C)nc3sc(C(C)(C)O)nn23)cc1S(=O)(=O)N[C@H]1CC[C@H](O)CC1. The van der Waals surface area contributed by atoms with Gasteiger partial charge in [-0.15, -0.1) is 0 Å². The Bertz CT molecular complexity index is 1290. The van der Waals surface area contributed by atoms with Gasteiger partial charge in [-0.2, -0.15) is 5.10 Å². The third kappa shape index (κ3) is 4.62. The fraction of sp³-hybridized carbons (Fsp3) is 0.524. The smallest absolute Gasteiger partial charge is 0.244 e. The topological polar surface area (TPSA) is 126 Å². The maximum atomic E-state index is 15.1. The number of benzene rings is 1. The van der Waals surface area contributed by atoms with E-state index in [9.17, 15) is 18.6 Å². The maximum absolute atomic E-state index is 15.1. The predicted octanol–water partition coefficient (Wildman–Crippen LogP) is 2.72. The highest BCUT2D eigenvalue weighted by molar-refractivity contribution is 7.89. The summed E-state index contributed by atoms with van der Waals surface area (Å²) in [7, 11) is -2.91. The zero-order valence-corrected chi connectivity index (χ0v) is 20.4. The van der Waals surface area contributed by atoms with Crippen LogP contribution in [0.15, 0.2) is 17.0 Å². The van der Waals surface area contributed by atoms with Crippen molar-refractivity contribution in [3.8, 4) is 17.0 Å². The van der Waals surface area contributed by atoms with E-state index < -0.39 is 27.5 Å². The van der Waals surface area contributed by atoms with Crippen molar-refractivity contribution in [2.75, 3.05) is 7.11 Å². The Morgan fingerprint density at radius 1 is 1.27 bits per heavy atom. The molecular weight excluding hydrogens is 471 g/mol. The Kier molecular flexibility index (Phi) is 6.25. The normalized spacial score (nSPS) is 19.8. The summed E-state index contributed by atoms with van der Waals surface area (Å²) in [4.78, 5) is 4.63. The summed E-state index contributed by atoms with van der Waals surface area (Å²) >= 11 is 1.20. The third-order valence-corrected chi connectivity index (χ3v) is 8.44. The zero-order valence-electron chi connectivity index (χ0n) is 18.8. The number of aryl methyl sites for hydroxylation is 1. The molecule has 1 aliphatic rings. The number of aliphatic hydroxyl groups excluding tert-OH is 1. The van der Waals surface area contributed by atoms with Gasteiger partial charge in [0.15, 0.2) is 11.6 Å². The second-order valence-corrected chi connectivity index (χ2v) is 11.5. The van der Waals surface area contributed by atoms with Gasteiger partial charge in [-0.05, 0) is 58.6 Å². The van der Waals surface area contributed by atoms with E-state index in [1.807, 2.05) is 0 Å². The molecule has 2 heterocycles. The van der Waals surface area contributed by atoms with E-state index in [0.717, 1.165) is 0 Å². The van der Waals surface area contributed by atoms with Gasteiger partial charge in [-0.3, -0.25) is 0 Å². The molecule has 1 saturated carbocycles. The minimum atomic E-state index is -4.12. The molecule has 1 fully saturated rings. The fourth-order valence-corrected chi connectivity index (χ4v) is 6.46. The van der Waals surface area contributed by atoms with Gasteiger partial charge in [-0.25, -0.2) is 27.0 Å². The van der Waals surface area contributed by atoms with Gasteiger partial charge in [0.1, 0.15) is 15.5 Å². The summed E-state index contributed by atoms with van der Waals surface area (Å²) in [6.07, 6.45) is 1.55. The number of sulfonamides is 1. The van der Waals surface area contributed by atoms with Crippen LogP contribution in [-0.4, -0.2) is 52.5 Å². The number of ether oxygens (including phenoxy) is 1. The quantitative estimate of drug-likeness (QED) is 0.477. The van der Waals surface area contributed by atoms with Crippen LogP contribution < -0.4 is 9.46 Å². The van der Waals surface area contributed by atoms with E-state index in [0.29, 0.717) is 47.0 Å². The van der Waals surface area contributed by atoms with E-state index in [1.165, 1.54) is 35.1 Å². The molecule has 0 radical (unpaired) electrons. The highest BCUT2D eigenvalue weighted by Gasteiger charge is 2.30. The maximum Gasteiger partial charge on any atom is 0.244 e. The number of methoxy groups -OCH3 is 1. The Hall–Kier alpha value is -2.12. The molecule has 0 saturated heterocycles. The molecule has 4 rings (SSSR count). The molecule has 0 unspecified atom stereocenters. The highest BCUT2D eigenvalue weighted by atomic mass is 32.2. The molecular formula is C21H27FN4O5S2. The average molecular weight is 499 g/mol. The molecule has 9 nitrogen and oxygen atoms in total. The first kappa shape index (κ1) is 24.0. The summed E-state index contributed by atoms with van der Waals surface area (Å²) in [5.74, 6) is -1.21. The first-order valence-electron chi connectivity index (χ1n) is 10.6. The average Bonchev–Trinajstić information content (AvgIpc) is 3.25. The number of nitrogens with zero attached hydrogens (tertiary/aromatic N) is 3. The molecule has 0 bridgehead atoms. The zero-order chi connectivity index (χ0) is 24.1. The van der Waals surface area contributed by atoms with Gasteiger partial charge in [0.2, 0.25) is 15.0 Å². The molecule has 3 N–H and O–H groups in total. The van der Waals surface area contributed by atoms with Crippen molar-refractivity contribution in [1.82, 2.24) is 19.3 Å². The van der Waals surface area contributed by atoms with Crippen molar-refractivity contribution >= 4 is 26.3 Å². The molecule has 180 valence electrons. The van der Waals surface area contributed by atoms with E-state index in [4.69, 9.17) is 4.74 Å². The van der Waals surface area contributed by atoms with Crippen molar-refractivity contribution < 1.29 is 27.8 Å². The first-order chi connectivity index (χ1) is 15.4. The number of nitrogens with one attached hydrogen (secondary N) is 1. The number of hydrogen-bond donors (Lipinski definition) is 3. The van der Waals surface area contributed by atoms with Crippen LogP contribution in [0, 0.1) is 12.7 Å². The summed E-state index contributed by atoms with van der Waals surface area (Å²) in [6.45, 7) is 4.93. The van der Waals surface area contributed by atoms with Gasteiger partial charge in [0.25, 0.3) is 0 Å². The van der Waals surface area contributed by atoms with Gasteiger partial charge in [0, 0.05) is 11.6 Å². The molecule has 12 heteroatoms. The van der Waals surface area contributed by atoms with Crippen molar-refractivity contribution in [3.05, 3.63) is 28.7 Å². The minimum absolute atomic E-state index is 0.269. The summed E-state index contributed by atoms with van der Waals surface area (Å²) in [5, 5.41) is 24.8. The van der Waals surface area contributed by atoms with E-state index >= 15 is 4.39 Å². The molecule has 1 aliphatic carbocycles. The largest absolute Gasteiger partial charge is 0.492 e. The van der Waals surface area contributed by atoms with Crippen molar-refractivity contribution in [3.63, 3.8) is 0 Å². The van der Waals surface area contributed by atoms with Crippen LogP contribution in [0.25, 0.3) is 16.2 Å². The van der Waals surface area contributed by atoms with Gasteiger partial charge >= 0.3 is 0 Å². The second-order valence-electron chi connectivity index (χ2n) is 8.82. The highest BCUT2D eigenvalue weighted by Crippen LogP contribution is 2.36. The van der Waals surface area contributed by atoms with Crippen molar-refractivity contribution in [2.24, 2.45) is 0 Å². The van der Waals surface area contributed by atoms with Crippen LogP contribution in [0.4, 0.5) is 4.39 Å². The lowest BCUT2D eigenvalue weighted by atomic mass is 9.94. The number of aromatic nitrogens is 3. The number of rotatable bonds is 6. The van der Waals surface area contributed by atoms with Crippen LogP contribution in [0.2, 0.25) is 0 Å². The van der Waals surface area contributed by atoms with E-state index in [-0.39, 0.29) is 22.3 Å². The Morgan fingerprint density at radius 3 is 2.55 bits per heavy atom. The molecule has 0 aliphatic heterocycles. The van der Waals surface area contributed by atoms with Crippen LogP contribution >= 0.6 is 11.3 Å². The Morgan fingerprint density at radius 2 is 1.94 bits per heavy atom. The predicted molar refractivity (Wildman–Crippen MR) is 121 cm³/mol. The monoisotopic (exact) mass is 498 g/mol. The number of halogens is 1. The first-order valence-corrected chi connectivity index (χ1v) is 12.9. The molecule has 1 aromatic carbocycles. The summed E-state index contributed by atoms with van der Waals surface area (Å²) in [5.41, 5.74) is 0.0484.